The van der Waals surface area contributed by atoms with Gasteiger partial charge in [-0.2, -0.15) is 0 Å². The summed E-state index contributed by atoms with van der Waals surface area (Å²) in [5.74, 6) is -0.00551. The van der Waals surface area contributed by atoms with Crippen LogP contribution in [-0.4, -0.2) is 42.0 Å². The van der Waals surface area contributed by atoms with Gasteiger partial charge in [0.1, 0.15) is 11.8 Å². The molecular formula is C23H24N4O4. The van der Waals surface area contributed by atoms with E-state index in [9.17, 15) is 14.4 Å². The van der Waals surface area contributed by atoms with Gasteiger partial charge in [-0.05, 0) is 42.8 Å². The highest BCUT2D eigenvalue weighted by Crippen LogP contribution is 2.22. The number of hydrogen-bond donors (Lipinski definition) is 3. The van der Waals surface area contributed by atoms with Gasteiger partial charge in [-0.15, -0.1) is 0 Å². The average molecular weight is 420 g/mol. The van der Waals surface area contributed by atoms with Crippen LogP contribution in [-0.2, 0) is 16.1 Å². The number of amides is 3. The van der Waals surface area contributed by atoms with E-state index in [1.165, 1.54) is 0 Å². The van der Waals surface area contributed by atoms with Gasteiger partial charge in [0.2, 0.25) is 11.8 Å². The Hall–Kier alpha value is -3.81. The quantitative estimate of drug-likeness (QED) is 0.546. The highest BCUT2D eigenvalue weighted by Gasteiger charge is 2.27. The van der Waals surface area contributed by atoms with Crippen molar-refractivity contribution in [3.05, 3.63) is 60.3 Å². The molecule has 31 heavy (non-hydrogen) atoms. The van der Waals surface area contributed by atoms with E-state index in [0.29, 0.717) is 24.3 Å². The number of fused-ring (bicyclic) bond motifs is 2. The minimum absolute atomic E-state index is 0.137. The van der Waals surface area contributed by atoms with Crippen LogP contribution in [0.25, 0.3) is 10.9 Å². The number of benzene rings is 2. The van der Waals surface area contributed by atoms with Crippen molar-refractivity contribution in [3.63, 3.8) is 0 Å². The molecule has 0 bridgehead atoms. The van der Waals surface area contributed by atoms with E-state index < -0.39 is 6.04 Å². The summed E-state index contributed by atoms with van der Waals surface area (Å²) < 4.78 is 7.30. The van der Waals surface area contributed by atoms with Crippen LogP contribution in [0.2, 0.25) is 0 Å². The molecule has 1 unspecified atom stereocenters. The summed E-state index contributed by atoms with van der Waals surface area (Å²) in [6.07, 6.45) is 2.33. The zero-order valence-electron chi connectivity index (χ0n) is 17.2. The third kappa shape index (κ3) is 4.53. The highest BCUT2D eigenvalue weighted by atomic mass is 16.5. The molecule has 1 aliphatic heterocycles. The van der Waals surface area contributed by atoms with Crippen molar-refractivity contribution in [2.75, 3.05) is 19.0 Å². The molecule has 0 saturated carbocycles. The van der Waals surface area contributed by atoms with Crippen LogP contribution in [0.4, 0.5) is 5.69 Å². The molecule has 2 aromatic carbocycles. The summed E-state index contributed by atoms with van der Waals surface area (Å²) in [4.78, 5) is 37.0. The number of nitrogens with one attached hydrogen (secondary N) is 3. The number of ether oxygens (including phenoxy) is 1. The van der Waals surface area contributed by atoms with Crippen molar-refractivity contribution in [3.8, 4) is 5.75 Å². The second-order valence-corrected chi connectivity index (χ2v) is 7.38. The van der Waals surface area contributed by atoms with Crippen molar-refractivity contribution in [1.29, 1.82) is 0 Å². The van der Waals surface area contributed by atoms with Crippen LogP contribution >= 0.6 is 0 Å². The number of methoxy groups -OCH3 is 1. The largest absolute Gasteiger partial charge is 0.497 e. The first-order valence-electron chi connectivity index (χ1n) is 10.2. The maximum absolute atomic E-state index is 12.4. The number of carbonyl (C=O) groups is 3. The standard InChI is InChI=1S/C23H24N4O4/c1-31-16-6-8-20-15(14-16)10-12-27(20)13-11-24-21(28)9-7-19-23(30)25-18-5-3-2-4-17(18)22(29)26-19/h2-6,8,10,12,14,19H,7,9,11,13H2,1H3,(H,24,28)(H,25,30)(H,26,29). The molecule has 160 valence electrons. The first-order chi connectivity index (χ1) is 15.0. The second kappa shape index (κ2) is 8.91. The zero-order chi connectivity index (χ0) is 21.8. The van der Waals surface area contributed by atoms with Crippen molar-refractivity contribution < 1.29 is 19.1 Å². The van der Waals surface area contributed by atoms with E-state index in [4.69, 9.17) is 4.74 Å². The number of nitrogens with zero attached hydrogens (tertiary/aromatic N) is 1. The molecule has 3 N–H and O–H groups in total. The van der Waals surface area contributed by atoms with E-state index >= 15 is 0 Å². The van der Waals surface area contributed by atoms with E-state index in [1.807, 2.05) is 30.5 Å². The average Bonchev–Trinajstić information content (AvgIpc) is 3.13. The molecule has 2 heterocycles. The van der Waals surface area contributed by atoms with Gasteiger partial charge >= 0.3 is 0 Å². The molecule has 3 aromatic rings. The summed E-state index contributed by atoms with van der Waals surface area (Å²) in [5, 5.41) is 9.40. The lowest BCUT2D eigenvalue weighted by Gasteiger charge is -2.14. The number of para-hydroxylation sites is 1. The Balaban J connectivity index is 1.27. The number of rotatable bonds is 7. The molecule has 1 aromatic heterocycles. The van der Waals surface area contributed by atoms with E-state index in [1.54, 1.807) is 31.4 Å². The number of hydrogen-bond acceptors (Lipinski definition) is 4. The minimum Gasteiger partial charge on any atom is -0.497 e. The number of carbonyl (C=O) groups excluding carboxylic acids is 3. The molecule has 1 aliphatic rings. The van der Waals surface area contributed by atoms with Gasteiger partial charge in [-0.25, -0.2) is 0 Å². The third-order valence-corrected chi connectivity index (χ3v) is 5.36. The molecule has 8 nitrogen and oxygen atoms in total. The monoisotopic (exact) mass is 420 g/mol. The molecule has 0 spiro atoms. The summed E-state index contributed by atoms with van der Waals surface area (Å²) in [6.45, 7) is 1.08. The number of anilines is 1. The summed E-state index contributed by atoms with van der Waals surface area (Å²) in [7, 11) is 1.64. The van der Waals surface area contributed by atoms with E-state index in [0.717, 1.165) is 16.7 Å². The Kier molecular flexibility index (Phi) is 5.88. The summed E-state index contributed by atoms with van der Waals surface area (Å²) in [5.41, 5.74) is 1.96. The lowest BCUT2D eigenvalue weighted by atomic mass is 10.1. The Morgan fingerprint density at radius 2 is 2.00 bits per heavy atom. The highest BCUT2D eigenvalue weighted by molar-refractivity contribution is 6.09. The van der Waals surface area contributed by atoms with Crippen LogP contribution in [0.15, 0.2) is 54.7 Å². The first kappa shape index (κ1) is 20.5. The van der Waals surface area contributed by atoms with Crippen LogP contribution in [0.3, 0.4) is 0 Å². The maximum Gasteiger partial charge on any atom is 0.254 e. The van der Waals surface area contributed by atoms with Gasteiger partial charge in [0.05, 0.1) is 18.4 Å². The normalized spacial score (nSPS) is 15.6. The van der Waals surface area contributed by atoms with Crippen molar-refractivity contribution in [2.45, 2.75) is 25.4 Å². The van der Waals surface area contributed by atoms with Gasteiger partial charge in [-0.1, -0.05) is 12.1 Å². The van der Waals surface area contributed by atoms with Crippen molar-refractivity contribution in [1.82, 2.24) is 15.2 Å². The van der Waals surface area contributed by atoms with Crippen LogP contribution in [0.5, 0.6) is 5.75 Å². The topological polar surface area (TPSA) is 101 Å². The molecule has 0 radical (unpaired) electrons. The van der Waals surface area contributed by atoms with Crippen LogP contribution < -0.4 is 20.7 Å². The fourth-order valence-electron chi connectivity index (χ4n) is 3.69. The van der Waals surface area contributed by atoms with Crippen molar-refractivity contribution in [2.24, 2.45) is 0 Å². The molecule has 8 heteroatoms. The predicted molar refractivity (Wildman–Crippen MR) is 117 cm³/mol. The molecule has 0 fully saturated rings. The van der Waals surface area contributed by atoms with Gasteiger partial charge in [0.25, 0.3) is 5.91 Å². The van der Waals surface area contributed by atoms with Gasteiger partial charge in [0, 0.05) is 36.6 Å². The van der Waals surface area contributed by atoms with E-state index in [-0.39, 0.29) is 30.6 Å². The van der Waals surface area contributed by atoms with Gasteiger partial charge in [0.15, 0.2) is 0 Å². The first-order valence-corrected chi connectivity index (χ1v) is 10.2. The SMILES string of the molecule is COc1ccc2c(ccn2CCNC(=O)CCC2NC(=O)c3ccccc3NC2=O)c1. The Morgan fingerprint density at radius 3 is 2.84 bits per heavy atom. The van der Waals surface area contributed by atoms with Crippen LogP contribution in [0.1, 0.15) is 23.2 Å². The lowest BCUT2D eigenvalue weighted by Crippen LogP contribution is -2.42. The predicted octanol–water partition coefficient (Wildman–Crippen LogP) is 2.30. The molecule has 3 amide bonds. The van der Waals surface area contributed by atoms with Gasteiger partial charge in [-0.3, -0.25) is 14.4 Å². The molecule has 1 atom stereocenters. The Bertz CT molecular complexity index is 1140. The molecular weight excluding hydrogens is 396 g/mol. The van der Waals surface area contributed by atoms with Crippen LogP contribution in [0, 0.1) is 0 Å². The summed E-state index contributed by atoms with van der Waals surface area (Å²) >= 11 is 0. The Labute approximate surface area is 179 Å². The van der Waals surface area contributed by atoms with Gasteiger partial charge < -0.3 is 25.3 Å². The lowest BCUT2D eigenvalue weighted by molar-refractivity contribution is -0.121. The maximum atomic E-state index is 12.4. The zero-order valence-corrected chi connectivity index (χ0v) is 17.2. The molecule has 0 aliphatic carbocycles. The minimum atomic E-state index is -0.756. The van der Waals surface area contributed by atoms with E-state index in [2.05, 4.69) is 20.5 Å². The third-order valence-electron chi connectivity index (χ3n) is 5.36. The molecule has 4 rings (SSSR count). The summed E-state index contributed by atoms with van der Waals surface area (Å²) in [6, 6.07) is 13.9. The fourth-order valence-corrected chi connectivity index (χ4v) is 3.69. The second-order valence-electron chi connectivity index (χ2n) is 7.38. The number of aromatic nitrogens is 1. The Morgan fingerprint density at radius 1 is 1.16 bits per heavy atom. The fraction of sp³-hybridized carbons (Fsp3) is 0.261. The smallest absolute Gasteiger partial charge is 0.254 e. The van der Waals surface area contributed by atoms with Crippen molar-refractivity contribution >= 4 is 34.3 Å². The molecule has 0 saturated heterocycles.